The first-order valence-electron chi connectivity index (χ1n) is 11.2. The molecule has 0 aliphatic carbocycles. The molecule has 5 heteroatoms. The molecule has 5 rings (SSSR count). The summed E-state index contributed by atoms with van der Waals surface area (Å²) in [6.07, 6.45) is 4.65. The van der Waals surface area contributed by atoms with Crippen molar-refractivity contribution in [2.75, 3.05) is 13.1 Å². The Kier molecular flexibility index (Phi) is 6.05. The summed E-state index contributed by atoms with van der Waals surface area (Å²) in [5.74, 6) is 2.09. The van der Waals surface area contributed by atoms with Crippen LogP contribution in [-0.4, -0.2) is 28.7 Å². The average molecular weight is 432 g/mol. The fourth-order valence-electron chi connectivity index (χ4n) is 4.36. The monoisotopic (exact) mass is 431 g/mol. The van der Waals surface area contributed by atoms with Crippen molar-refractivity contribution < 1.29 is 4.74 Å². The number of aromatic nitrogens is 2. The van der Waals surface area contributed by atoms with E-state index in [1.54, 1.807) is 11.3 Å². The molecule has 1 saturated heterocycles. The second-order valence-corrected chi connectivity index (χ2v) is 9.24. The highest BCUT2D eigenvalue weighted by atomic mass is 32.1. The van der Waals surface area contributed by atoms with Crippen molar-refractivity contribution in [2.45, 2.75) is 45.3 Å². The molecule has 0 unspecified atom stereocenters. The average Bonchev–Trinajstić information content (AvgIpc) is 3.39. The quantitative estimate of drug-likeness (QED) is 0.400. The van der Waals surface area contributed by atoms with Gasteiger partial charge in [-0.1, -0.05) is 24.3 Å². The number of thiophene rings is 1. The van der Waals surface area contributed by atoms with Crippen LogP contribution < -0.4 is 10.1 Å². The topological polar surface area (TPSA) is 39.1 Å². The molecule has 0 saturated carbocycles. The highest BCUT2D eigenvalue weighted by Crippen LogP contribution is 2.31. The number of rotatable bonds is 7. The number of benzene rings is 2. The van der Waals surface area contributed by atoms with E-state index in [0.29, 0.717) is 6.10 Å². The van der Waals surface area contributed by atoms with Crippen molar-refractivity contribution in [2.24, 2.45) is 0 Å². The minimum Gasteiger partial charge on any atom is -0.490 e. The van der Waals surface area contributed by atoms with Crippen LogP contribution in [-0.2, 0) is 13.0 Å². The first-order valence-corrected chi connectivity index (χ1v) is 12.1. The second kappa shape index (κ2) is 9.25. The lowest BCUT2D eigenvalue weighted by Crippen LogP contribution is -2.34. The van der Waals surface area contributed by atoms with Gasteiger partial charge in [-0.25, -0.2) is 4.98 Å². The van der Waals surface area contributed by atoms with E-state index in [4.69, 9.17) is 9.72 Å². The van der Waals surface area contributed by atoms with E-state index in [1.165, 1.54) is 21.5 Å². The molecule has 0 amide bonds. The molecule has 160 valence electrons. The SMILES string of the molecule is Cc1ccsc1-c1nc2ccccc2n1CCCc1ccc(OC2CCNCC2)cc1. The third-order valence-corrected chi connectivity index (χ3v) is 7.09. The van der Waals surface area contributed by atoms with Crippen molar-refractivity contribution in [1.29, 1.82) is 0 Å². The Hall–Kier alpha value is -2.63. The van der Waals surface area contributed by atoms with Crippen molar-refractivity contribution >= 4 is 22.4 Å². The van der Waals surface area contributed by atoms with E-state index in [0.717, 1.165) is 62.4 Å². The van der Waals surface area contributed by atoms with E-state index in [2.05, 4.69) is 76.8 Å². The van der Waals surface area contributed by atoms with Gasteiger partial charge in [-0.2, -0.15) is 0 Å². The summed E-state index contributed by atoms with van der Waals surface area (Å²) in [7, 11) is 0. The van der Waals surface area contributed by atoms with Gasteiger partial charge in [0, 0.05) is 6.54 Å². The third kappa shape index (κ3) is 4.53. The minimum absolute atomic E-state index is 0.348. The highest BCUT2D eigenvalue weighted by molar-refractivity contribution is 7.13. The molecule has 1 fully saturated rings. The van der Waals surface area contributed by atoms with Crippen molar-refractivity contribution in [3.05, 3.63) is 71.1 Å². The smallest absolute Gasteiger partial charge is 0.151 e. The van der Waals surface area contributed by atoms with Gasteiger partial charge in [0.25, 0.3) is 0 Å². The molecular weight excluding hydrogens is 402 g/mol. The fourth-order valence-corrected chi connectivity index (χ4v) is 5.28. The molecule has 1 N–H and O–H groups in total. The van der Waals surface area contributed by atoms with Crippen molar-refractivity contribution in [1.82, 2.24) is 14.9 Å². The maximum atomic E-state index is 6.14. The predicted molar refractivity (Wildman–Crippen MR) is 129 cm³/mol. The lowest BCUT2D eigenvalue weighted by molar-refractivity contribution is 0.162. The molecule has 0 bridgehead atoms. The lowest BCUT2D eigenvalue weighted by atomic mass is 10.1. The number of imidazole rings is 1. The first-order chi connectivity index (χ1) is 15.3. The van der Waals surface area contributed by atoms with Gasteiger partial charge in [0.2, 0.25) is 0 Å². The molecule has 1 aliphatic rings. The van der Waals surface area contributed by atoms with Crippen LogP contribution in [0.15, 0.2) is 60.0 Å². The summed E-state index contributed by atoms with van der Waals surface area (Å²) in [5.41, 5.74) is 4.95. The normalized spacial score (nSPS) is 14.9. The number of ether oxygens (including phenoxy) is 1. The maximum Gasteiger partial charge on any atom is 0.151 e. The van der Waals surface area contributed by atoms with Gasteiger partial charge in [0.05, 0.1) is 15.9 Å². The zero-order valence-corrected chi connectivity index (χ0v) is 18.8. The second-order valence-electron chi connectivity index (χ2n) is 8.32. The first kappa shape index (κ1) is 20.3. The van der Waals surface area contributed by atoms with Crippen molar-refractivity contribution in [3.63, 3.8) is 0 Å². The molecular formula is C26H29N3OS. The number of piperidine rings is 1. The summed E-state index contributed by atoms with van der Waals surface area (Å²) >= 11 is 1.78. The summed E-state index contributed by atoms with van der Waals surface area (Å²) in [4.78, 5) is 6.23. The van der Waals surface area contributed by atoms with Crippen LogP contribution in [0.1, 0.15) is 30.4 Å². The Morgan fingerprint density at radius 1 is 1.06 bits per heavy atom. The maximum absolute atomic E-state index is 6.14. The van der Waals surface area contributed by atoms with E-state index < -0.39 is 0 Å². The van der Waals surface area contributed by atoms with E-state index in [9.17, 15) is 0 Å². The number of aryl methyl sites for hydroxylation is 3. The summed E-state index contributed by atoms with van der Waals surface area (Å²) < 4.78 is 8.53. The molecule has 4 aromatic rings. The van der Waals surface area contributed by atoms with Gasteiger partial charge in [-0.15, -0.1) is 11.3 Å². The number of nitrogens with one attached hydrogen (secondary N) is 1. The lowest BCUT2D eigenvalue weighted by Gasteiger charge is -2.23. The van der Waals surface area contributed by atoms with Crippen LogP contribution in [0.3, 0.4) is 0 Å². The molecule has 2 aromatic heterocycles. The van der Waals surface area contributed by atoms with Crippen LogP contribution in [0.2, 0.25) is 0 Å². The molecule has 4 nitrogen and oxygen atoms in total. The van der Waals surface area contributed by atoms with Crippen LogP contribution in [0.5, 0.6) is 5.75 Å². The molecule has 2 aromatic carbocycles. The Labute approximate surface area is 187 Å². The zero-order chi connectivity index (χ0) is 21.0. The van der Waals surface area contributed by atoms with Gasteiger partial charge >= 0.3 is 0 Å². The Morgan fingerprint density at radius 3 is 2.65 bits per heavy atom. The Balaban J connectivity index is 1.27. The molecule has 0 radical (unpaired) electrons. The van der Waals surface area contributed by atoms with Crippen LogP contribution in [0.25, 0.3) is 21.7 Å². The number of nitrogens with zero attached hydrogens (tertiary/aromatic N) is 2. The number of fused-ring (bicyclic) bond motifs is 1. The highest BCUT2D eigenvalue weighted by Gasteiger charge is 2.16. The summed E-state index contributed by atoms with van der Waals surface area (Å²) in [5, 5.41) is 5.54. The molecule has 3 heterocycles. The standard InChI is InChI=1S/C26H29N3OS/c1-19-14-18-31-25(19)26-28-23-6-2-3-7-24(23)29(26)17-4-5-20-8-10-21(11-9-20)30-22-12-15-27-16-13-22/h2-3,6-11,14,18,22,27H,4-5,12-13,15-17H2,1H3. The van der Waals surface area contributed by atoms with Crippen molar-refractivity contribution in [3.8, 4) is 16.5 Å². The van der Waals surface area contributed by atoms with Gasteiger partial charge in [-0.3, -0.25) is 0 Å². The van der Waals surface area contributed by atoms with Crippen LogP contribution in [0.4, 0.5) is 0 Å². The van der Waals surface area contributed by atoms with Gasteiger partial charge in [-0.05, 0) is 92.5 Å². The minimum atomic E-state index is 0.348. The van der Waals surface area contributed by atoms with E-state index in [-0.39, 0.29) is 0 Å². The van der Waals surface area contributed by atoms with Crippen LogP contribution >= 0.6 is 11.3 Å². The summed E-state index contributed by atoms with van der Waals surface area (Å²) in [6, 6.07) is 19.3. The number of hydrogen-bond acceptors (Lipinski definition) is 4. The van der Waals surface area contributed by atoms with E-state index in [1.807, 2.05) is 0 Å². The largest absolute Gasteiger partial charge is 0.490 e. The zero-order valence-electron chi connectivity index (χ0n) is 18.0. The van der Waals surface area contributed by atoms with E-state index >= 15 is 0 Å². The number of para-hydroxylation sites is 2. The summed E-state index contributed by atoms with van der Waals surface area (Å²) in [6.45, 7) is 5.24. The molecule has 0 atom stereocenters. The molecule has 0 spiro atoms. The van der Waals surface area contributed by atoms with Crippen LogP contribution in [0, 0.1) is 6.92 Å². The Bertz CT molecular complexity index is 1140. The van der Waals surface area contributed by atoms with Gasteiger partial charge in [0.1, 0.15) is 11.9 Å². The molecule has 31 heavy (non-hydrogen) atoms. The number of hydrogen-bond donors (Lipinski definition) is 1. The predicted octanol–water partition coefficient (Wildman–Crippen LogP) is 5.84. The van der Waals surface area contributed by atoms with Gasteiger partial charge in [0.15, 0.2) is 5.82 Å². The Morgan fingerprint density at radius 2 is 1.87 bits per heavy atom. The third-order valence-electron chi connectivity index (χ3n) is 6.08. The molecule has 1 aliphatic heterocycles. The fraction of sp³-hybridized carbons (Fsp3) is 0.346. The van der Waals surface area contributed by atoms with Gasteiger partial charge < -0.3 is 14.6 Å².